The predicted octanol–water partition coefficient (Wildman–Crippen LogP) is 6.00. The van der Waals surface area contributed by atoms with Crippen LogP contribution in [0, 0.1) is 12.7 Å². The Bertz CT molecular complexity index is 646. The molecule has 5 heteroatoms. The average molecular weight is 423 g/mol. The summed E-state index contributed by atoms with van der Waals surface area (Å²) in [4.78, 5) is 0. The fraction of sp³-hybridized carbons (Fsp3) is 0.200. The summed E-state index contributed by atoms with van der Waals surface area (Å²) in [6.07, 6.45) is 0. The van der Waals surface area contributed by atoms with Crippen LogP contribution in [0.4, 0.5) is 4.39 Å². The van der Waals surface area contributed by atoms with E-state index in [9.17, 15) is 4.39 Å². The molecule has 0 radical (unpaired) electrons. The molecule has 2 aromatic carbocycles. The van der Waals surface area contributed by atoms with Crippen molar-refractivity contribution in [2.24, 2.45) is 0 Å². The van der Waals surface area contributed by atoms with Gasteiger partial charge in [0.15, 0.2) is 0 Å². The third kappa shape index (κ3) is 3.18. The number of halogens is 4. The molecular weight excluding hydrogens is 410 g/mol. The Labute approximate surface area is 139 Å². The summed E-state index contributed by atoms with van der Waals surface area (Å²) in [7, 11) is 1.59. The maximum Gasteiger partial charge on any atom is 0.124 e. The van der Waals surface area contributed by atoms with Gasteiger partial charge < -0.3 is 4.74 Å². The fourth-order valence-corrected chi connectivity index (χ4v) is 3.24. The average Bonchev–Trinajstić information content (AvgIpc) is 2.43. The molecule has 0 bridgehead atoms. The lowest BCUT2D eigenvalue weighted by Crippen LogP contribution is -2.00. The van der Waals surface area contributed by atoms with Gasteiger partial charge in [-0.3, -0.25) is 0 Å². The third-order valence-corrected chi connectivity index (χ3v) is 5.06. The molecule has 2 rings (SSSR count). The molecule has 1 unspecified atom stereocenters. The summed E-state index contributed by atoms with van der Waals surface area (Å²) in [6.45, 7) is 1.97. The summed E-state index contributed by atoms with van der Waals surface area (Å²) in [5.74, 6) is 0.362. The van der Waals surface area contributed by atoms with Crippen molar-refractivity contribution in [2.75, 3.05) is 7.11 Å². The molecule has 0 spiro atoms. The highest BCUT2D eigenvalue weighted by Crippen LogP contribution is 2.40. The molecule has 0 saturated heterocycles. The highest BCUT2D eigenvalue weighted by atomic mass is 79.9. The topological polar surface area (TPSA) is 9.23 Å². The van der Waals surface area contributed by atoms with Crippen LogP contribution in [0.15, 0.2) is 39.3 Å². The first-order valence-corrected chi connectivity index (χ1v) is 7.89. The summed E-state index contributed by atoms with van der Waals surface area (Å²) in [6, 6.07) is 8.27. The minimum Gasteiger partial charge on any atom is -0.496 e. The first-order valence-electron chi connectivity index (χ1n) is 5.87. The van der Waals surface area contributed by atoms with Gasteiger partial charge in [-0.1, -0.05) is 31.9 Å². The third-order valence-electron chi connectivity index (χ3n) is 3.02. The summed E-state index contributed by atoms with van der Waals surface area (Å²) >= 11 is 13.4. The van der Waals surface area contributed by atoms with Gasteiger partial charge in [-0.05, 0) is 48.4 Å². The maximum absolute atomic E-state index is 13.4. The fourth-order valence-electron chi connectivity index (χ4n) is 1.92. The Morgan fingerprint density at radius 2 is 1.80 bits per heavy atom. The number of ether oxygens (including phenoxy) is 1. The molecule has 2 aromatic rings. The Kier molecular flexibility index (Phi) is 5.10. The second kappa shape index (κ2) is 6.46. The monoisotopic (exact) mass is 420 g/mol. The number of rotatable bonds is 3. The number of hydrogen-bond acceptors (Lipinski definition) is 1. The van der Waals surface area contributed by atoms with Gasteiger partial charge >= 0.3 is 0 Å². The van der Waals surface area contributed by atoms with E-state index in [0.29, 0.717) is 11.3 Å². The molecule has 0 aliphatic carbocycles. The predicted molar refractivity (Wildman–Crippen MR) is 87.2 cm³/mol. The standard InChI is InChI=1S/C15H12Br2ClFO/c1-8-5-14(20-2)11(7-13(8)17)15(18)10-6-9(19)3-4-12(10)16/h3-7,15H,1-2H3. The minimum absolute atomic E-state index is 0.320. The highest BCUT2D eigenvalue weighted by molar-refractivity contribution is 9.10. The van der Waals surface area contributed by atoms with Crippen LogP contribution in [-0.2, 0) is 0 Å². The second-order valence-corrected chi connectivity index (χ2v) is 6.52. The zero-order valence-electron chi connectivity index (χ0n) is 10.9. The normalized spacial score (nSPS) is 12.3. The maximum atomic E-state index is 13.4. The summed E-state index contributed by atoms with van der Waals surface area (Å²) in [5, 5.41) is -0.507. The first kappa shape index (κ1) is 15.8. The van der Waals surface area contributed by atoms with Crippen LogP contribution < -0.4 is 4.74 Å². The van der Waals surface area contributed by atoms with Gasteiger partial charge in [-0.2, -0.15) is 0 Å². The van der Waals surface area contributed by atoms with Gasteiger partial charge in [-0.25, -0.2) is 4.39 Å². The van der Waals surface area contributed by atoms with Crippen LogP contribution in [-0.4, -0.2) is 7.11 Å². The molecule has 0 aliphatic rings. The number of hydrogen-bond donors (Lipinski definition) is 0. The number of aryl methyl sites for hydroxylation is 1. The number of alkyl halides is 1. The zero-order chi connectivity index (χ0) is 14.9. The van der Waals surface area contributed by atoms with Crippen LogP contribution in [0.3, 0.4) is 0 Å². The van der Waals surface area contributed by atoms with Gasteiger partial charge in [-0.15, -0.1) is 11.6 Å². The molecule has 0 fully saturated rings. The van der Waals surface area contributed by atoms with Crippen molar-refractivity contribution in [3.63, 3.8) is 0 Å². The van der Waals surface area contributed by atoms with Crippen molar-refractivity contribution in [1.82, 2.24) is 0 Å². The van der Waals surface area contributed by atoms with Crippen molar-refractivity contribution in [2.45, 2.75) is 12.3 Å². The van der Waals surface area contributed by atoms with Crippen molar-refractivity contribution >= 4 is 43.5 Å². The van der Waals surface area contributed by atoms with Crippen molar-refractivity contribution < 1.29 is 9.13 Å². The van der Waals surface area contributed by atoms with Crippen molar-refractivity contribution in [3.05, 3.63) is 61.8 Å². The van der Waals surface area contributed by atoms with E-state index in [2.05, 4.69) is 31.9 Å². The van der Waals surface area contributed by atoms with Crippen LogP contribution in [0.25, 0.3) is 0 Å². The Hall–Kier alpha value is -0.580. The summed E-state index contributed by atoms with van der Waals surface area (Å²) in [5.41, 5.74) is 2.51. The first-order chi connectivity index (χ1) is 9.43. The van der Waals surface area contributed by atoms with E-state index in [1.54, 1.807) is 13.2 Å². The van der Waals surface area contributed by atoms with E-state index < -0.39 is 5.38 Å². The van der Waals surface area contributed by atoms with Gasteiger partial charge in [0, 0.05) is 14.5 Å². The smallest absolute Gasteiger partial charge is 0.124 e. The Morgan fingerprint density at radius 3 is 2.45 bits per heavy atom. The highest BCUT2D eigenvalue weighted by Gasteiger charge is 2.20. The lowest BCUT2D eigenvalue weighted by atomic mass is 10.0. The number of benzene rings is 2. The number of methoxy groups -OCH3 is 1. The van der Waals surface area contributed by atoms with Crippen molar-refractivity contribution in [1.29, 1.82) is 0 Å². The molecule has 0 saturated carbocycles. The summed E-state index contributed by atoms with van der Waals surface area (Å²) < 4.78 is 20.5. The molecule has 1 atom stereocenters. The molecule has 1 nitrogen and oxygen atoms in total. The van der Waals surface area contributed by atoms with Gasteiger partial charge in [0.05, 0.1) is 12.5 Å². The molecule has 20 heavy (non-hydrogen) atoms. The zero-order valence-corrected chi connectivity index (χ0v) is 14.8. The SMILES string of the molecule is COc1cc(C)c(Br)cc1C(Cl)c1cc(F)ccc1Br. The van der Waals surface area contributed by atoms with E-state index in [4.69, 9.17) is 16.3 Å². The van der Waals surface area contributed by atoms with E-state index in [0.717, 1.165) is 20.1 Å². The molecule has 0 heterocycles. The Balaban J connectivity index is 2.55. The van der Waals surface area contributed by atoms with Gasteiger partial charge in [0.1, 0.15) is 11.6 Å². The largest absolute Gasteiger partial charge is 0.496 e. The second-order valence-electron chi connectivity index (χ2n) is 4.37. The van der Waals surface area contributed by atoms with Crippen LogP contribution in [0.1, 0.15) is 22.1 Å². The molecule has 0 aromatic heterocycles. The lowest BCUT2D eigenvalue weighted by Gasteiger charge is -2.17. The van der Waals surface area contributed by atoms with E-state index >= 15 is 0 Å². The van der Waals surface area contributed by atoms with E-state index in [1.807, 2.05) is 19.1 Å². The Morgan fingerprint density at radius 1 is 1.10 bits per heavy atom. The quantitative estimate of drug-likeness (QED) is 0.552. The van der Waals surface area contributed by atoms with E-state index in [1.165, 1.54) is 12.1 Å². The van der Waals surface area contributed by atoms with Gasteiger partial charge in [0.2, 0.25) is 0 Å². The molecule has 0 aliphatic heterocycles. The van der Waals surface area contributed by atoms with Crippen LogP contribution in [0.2, 0.25) is 0 Å². The molecule has 0 amide bonds. The van der Waals surface area contributed by atoms with Crippen LogP contribution >= 0.6 is 43.5 Å². The molecule has 106 valence electrons. The van der Waals surface area contributed by atoms with Crippen LogP contribution in [0.5, 0.6) is 5.75 Å². The lowest BCUT2D eigenvalue weighted by molar-refractivity contribution is 0.409. The van der Waals surface area contributed by atoms with Gasteiger partial charge in [0.25, 0.3) is 0 Å². The van der Waals surface area contributed by atoms with Crippen molar-refractivity contribution in [3.8, 4) is 5.75 Å². The minimum atomic E-state index is -0.507. The molecule has 0 N–H and O–H groups in total. The van der Waals surface area contributed by atoms with E-state index in [-0.39, 0.29) is 5.82 Å². The molecular formula is C15H12Br2ClFO.